The van der Waals surface area contributed by atoms with Crippen LogP contribution in [0, 0.1) is 23.7 Å². The van der Waals surface area contributed by atoms with Crippen molar-refractivity contribution in [3.63, 3.8) is 0 Å². The van der Waals surface area contributed by atoms with Gasteiger partial charge in [0.15, 0.2) is 0 Å². The lowest BCUT2D eigenvalue weighted by Crippen LogP contribution is -2.25. The van der Waals surface area contributed by atoms with E-state index in [4.69, 9.17) is 11.7 Å². The largest absolute Gasteiger partial charge is 0.345 e. The maximum atomic E-state index is 8.64. The van der Waals surface area contributed by atoms with Crippen LogP contribution in [-0.2, 0) is 0 Å². The number of rotatable bonds is 4. The molecule has 0 saturated carbocycles. The molecule has 1 aromatic rings. The molecule has 1 rings (SSSR count). The van der Waals surface area contributed by atoms with Crippen molar-refractivity contribution in [3.05, 3.63) is 23.9 Å². The van der Waals surface area contributed by atoms with Crippen LogP contribution in [-0.4, -0.2) is 18.1 Å². The molecular weight excluding hydrogens is 186 g/mol. The summed E-state index contributed by atoms with van der Waals surface area (Å²) in [7, 11) is 0. The summed E-state index contributed by atoms with van der Waals surface area (Å²) in [5.41, 5.74) is 0.566. The van der Waals surface area contributed by atoms with Gasteiger partial charge in [-0.15, -0.1) is 6.42 Å². The smallest absolute Gasteiger partial charge is 0.129 e. The van der Waals surface area contributed by atoms with Crippen LogP contribution in [0.2, 0.25) is 0 Å². The third kappa shape index (κ3) is 3.00. The minimum atomic E-state index is 0.548. The normalized spacial score (nSPS) is 9.00. The second kappa shape index (κ2) is 5.67. The van der Waals surface area contributed by atoms with Crippen LogP contribution in [0.25, 0.3) is 0 Å². The van der Waals surface area contributed by atoms with Crippen LogP contribution in [0.4, 0.5) is 5.82 Å². The first-order chi connectivity index (χ1) is 7.31. The Morgan fingerprint density at radius 3 is 2.80 bits per heavy atom. The molecule has 0 atom stereocenters. The van der Waals surface area contributed by atoms with Gasteiger partial charge in [-0.25, -0.2) is 4.98 Å². The molecule has 0 aromatic carbocycles. The summed E-state index contributed by atoms with van der Waals surface area (Å²) in [6.07, 6.45) is 7.86. The summed E-state index contributed by atoms with van der Waals surface area (Å²) in [5, 5.41) is 8.64. The Kier molecular flexibility index (Phi) is 4.19. The van der Waals surface area contributed by atoms with Crippen molar-refractivity contribution in [2.24, 2.45) is 0 Å². The van der Waals surface area contributed by atoms with Gasteiger partial charge in [0, 0.05) is 12.7 Å². The summed E-state index contributed by atoms with van der Waals surface area (Å²) < 4.78 is 0. The van der Waals surface area contributed by atoms with E-state index in [2.05, 4.69) is 17.8 Å². The fourth-order valence-electron chi connectivity index (χ4n) is 1.29. The molecule has 0 bridgehead atoms. The SMILES string of the molecule is C#CCN(CCC)c1ccc(C#N)cn1. The lowest BCUT2D eigenvalue weighted by atomic mass is 10.3. The van der Waals surface area contributed by atoms with E-state index in [1.807, 2.05) is 17.0 Å². The molecule has 0 aliphatic rings. The highest BCUT2D eigenvalue weighted by Gasteiger charge is 2.04. The van der Waals surface area contributed by atoms with Crippen molar-refractivity contribution >= 4 is 5.82 Å². The monoisotopic (exact) mass is 199 g/mol. The van der Waals surface area contributed by atoms with E-state index in [1.165, 1.54) is 0 Å². The molecule has 0 aliphatic heterocycles. The minimum Gasteiger partial charge on any atom is -0.345 e. The van der Waals surface area contributed by atoms with Gasteiger partial charge in [0.1, 0.15) is 11.9 Å². The Morgan fingerprint density at radius 2 is 2.33 bits per heavy atom. The molecule has 0 saturated heterocycles. The van der Waals surface area contributed by atoms with Crippen LogP contribution in [0.5, 0.6) is 0 Å². The first-order valence-corrected chi connectivity index (χ1v) is 4.86. The van der Waals surface area contributed by atoms with Gasteiger partial charge in [-0.1, -0.05) is 12.8 Å². The predicted octanol–water partition coefficient (Wildman–Crippen LogP) is 1.80. The van der Waals surface area contributed by atoms with Crippen molar-refractivity contribution in [1.29, 1.82) is 5.26 Å². The highest BCUT2D eigenvalue weighted by atomic mass is 15.2. The molecule has 0 amide bonds. The number of nitriles is 1. The molecule has 76 valence electrons. The van der Waals surface area contributed by atoms with Crippen molar-refractivity contribution < 1.29 is 0 Å². The Morgan fingerprint density at radius 1 is 1.53 bits per heavy atom. The van der Waals surface area contributed by atoms with Crippen LogP contribution < -0.4 is 4.90 Å². The van der Waals surface area contributed by atoms with Crippen molar-refractivity contribution in [2.45, 2.75) is 13.3 Å². The van der Waals surface area contributed by atoms with E-state index in [9.17, 15) is 0 Å². The molecule has 3 heteroatoms. The lowest BCUT2D eigenvalue weighted by Gasteiger charge is -2.20. The maximum Gasteiger partial charge on any atom is 0.129 e. The Labute approximate surface area is 90.4 Å². The van der Waals surface area contributed by atoms with Crippen LogP contribution in [0.3, 0.4) is 0 Å². The van der Waals surface area contributed by atoms with Crippen LogP contribution in [0.1, 0.15) is 18.9 Å². The summed E-state index contributed by atoms with van der Waals surface area (Å²) in [6.45, 7) is 3.52. The topological polar surface area (TPSA) is 39.9 Å². The highest BCUT2D eigenvalue weighted by Crippen LogP contribution is 2.10. The molecule has 3 nitrogen and oxygen atoms in total. The van der Waals surface area contributed by atoms with E-state index in [0.29, 0.717) is 12.1 Å². The second-order valence-corrected chi connectivity index (χ2v) is 3.14. The average Bonchev–Trinajstić information content (AvgIpc) is 2.29. The fraction of sp³-hybridized carbons (Fsp3) is 0.333. The van der Waals surface area contributed by atoms with E-state index >= 15 is 0 Å². The number of pyridine rings is 1. The molecule has 0 fully saturated rings. The Hall–Kier alpha value is -2.00. The quantitative estimate of drug-likeness (QED) is 0.694. The van der Waals surface area contributed by atoms with Gasteiger partial charge in [-0.05, 0) is 18.6 Å². The predicted molar refractivity (Wildman–Crippen MR) is 60.3 cm³/mol. The van der Waals surface area contributed by atoms with E-state index in [-0.39, 0.29) is 0 Å². The minimum absolute atomic E-state index is 0.548. The number of hydrogen-bond acceptors (Lipinski definition) is 3. The van der Waals surface area contributed by atoms with Gasteiger partial charge in [-0.2, -0.15) is 5.26 Å². The van der Waals surface area contributed by atoms with Gasteiger partial charge >= 0.3 is 0 Å². The van der Waals surface area contributed by atoms with E-state index in [0.717, 1.165) is 18.8 Å². The molecule has 1 aromatic heterocycles. The van der Waals surface area contributed by atoms with Gasteiger partial charge in [0.25, 0.3) is 0 Å². The molecule has 1 heterocycles. The molecule has 0 radical (unpaired) electrons. The van der Waals surface area contributed by atoms with Crippen molar-refractivity contribution in [3.8, 4) is 18.4 Å². The number of hydrogen-bond donors (Lipinski definition) is 0. The Bertz CT molecular complexity index is 381. The molecule has 0 aliphatic carbocycles. The van der Waals surface area contributed by atoms with Crippen molar-refractivity contribution in [1.82, 2.24) is 4.98 Å². The number of nitrogens with zero attached hydrogens (tertiary/aromatic N) is 3. The lowest BCUT2D eigenvalue weighted by molar-refractivity contribution is 0.809. The summed E-state index contributed by atoms with van der Waals surface area (Å²) >= 11 is 0. The van der Waals surface area contributed by atoms with Crippen LogP contribution >= 0.6 is 0 Å². The van der Waals surface area contributed by atoms with Crippen molar-refractivity contribution in [2.75, 3.05) is 18.0 Å². The first kappa shape index (κ1) is 11.1. The third-order valence-electron chi connectivity index (χ3n) is 1.98. The summed E-state index contributed by atoms with van der Waals surface area (Å²) in [4.78, 5) is 6.21. The molecular formula is C12H13N3. The van der Waals surface area contributed by atoms with Gasteiger partial charge in [0.2, 0.25) is 0 Å². The third-order valence-corrected chi connectivity index (χ3v) is 1.98. The second-order valence-electron chi connectivity index (χ2n) is 3.14. The molecule has 15 heavy (non-hydrogen) atoms. The Balaban J connectivity index is 2.83. The first-order valence-electron chi connectivity index (χ1n) is 4.86. The zero-order valence-electron chi connectivity index (χ0n) is 8.77. The zero-order valence-corrected chi connectivity index (χ0v) is 8.77. The molecule has 0 unspecified atom stereocenters. The standard InChI is InChI=1S/C12H13N3/c1-3-7-15(8-4-2)12-6-5-11(9-13)10-14-12/h1,5-6,10H,4,7-8H2,2H3. The maximum absolute atomic E-state index is 8.64. The number of terminal acetylenes is 1. The fourth-order valence-corrected chi connectivity index (χ4v) is 1.29. The highest BCUT2D eigenvalue weighted by molar-refractivity contribution is 5.42. The average molecular weight is 199 g/mol. The summed E-state index contributed by atoms with van der Waals surface area (Å²) in [5.74, 6) is 3.43. The number of aromatic nitrogens is 1. The van der Waals surface area contributed by atoms with Crippen LogP contribution in [0.15, 0.2) is 18.3 Å². The number of anilines is 1. The van der Waals surface area contributed by atoms with E-state index < -0.39 is 0 Å². The zero-order chi connectivity index (χ0) is 11.1. The molecule has 0 spiro atoms. The van der Waals surface area contributed by atoms with Gasteiger partial charge in [0.05, 0.1) is 12.1 Å². The molecule has 0 N–H and O–H groups in total. The van der Waals surface area contributed by atoms with Gasteiger partial charge in [-0.3, -0.25) is 0 Å². The van der Waals surface area contributed by atoms with Gasteiger partial charge < -0.3 is 4.90 Å². The van der Waals surface area contributed by atoms with E-state index in [1.54, 1.807) is 12.3 Å². The summed E-state index contributed by atoms with van der Waals surface area (Å²) in [6, 6.07) is 5.61.